The highest BCUT2D eigenvalue weighted by atomic mass is 32.1. The fourth-order valence-corrected chi connectivity index (χ4v) is 1.52. The van der Waals surface area contributed by atoms with E-state index in [1.807, 2.05) is 0 Å². The largest absolute Gasteiger partial charge is 0.341 e. The molecule has 0 aliphatic heterocycles. The van der Waals surface area contributed by atoms with Gasteiger partial charge in [-0.3, -0.25) is 4.79 Å². The first-order valence-corrected chi connectivity index (χ1v) is 3.77. The van der Waals surface area contributed by atoms with Crippen molar-refractivity contribution in [3.05, 3.63) is 27.7 Å². The zero-order chi connectivity index (χ0) is 7.84. The first-order valence-electron chi connectivity index (χ1n) is 2.89. The van der Waals surface area contributed by atoms with Gasteiger partial charge < -0.3 is 4.98 Å². The summed E-state index contributed by atoms with van der Waals surface area (Å²) in [5.41, 5.74) is -0.369. The van der Waals surface area contributed by atoms with Crippen molar-refractivity contribution in [1.29, 1.82) is 0 Å². The maximum atomic E-state index is 12.6. The molecule has 0 amide bonds. The lowest BCUT2D eigenvalue weighted by Crippen LogP contribution is -2.04. The molecule has 0 atom stereocenters. The SMILES string of the molecule is O=c1c(F)csc2nc[nH]c12. The summed E-state index contributed by atoms with van der Waals surface area (Å²) in [6, 6.07) is 0. The molecule has 0 saturated heterocycles. The number of rotatable bonds is 0. The Morgan fingerprint density at radius 3 is 3.27 bits per heavy atom. The lowest BCUT2D eigenvalue weighted by molar-refractivity contribution is 0.623. The van der Waals surface area contributed by atoms with Crippen LogP contribution in [0.2, 0.25) is 0 Å². The van der Waals surface area contributed by atoms with Crippen LogP contribution in [0.15, 0.2) is 16.5 Å². The molecule has 56 valence electrons. The third-order valence-electron chi connectivity index (χ3n) is 1.32. The summed E-state index contributed by atoms with van der Waals surface area (Å²) in [7, 11) is 0. The van der Waals surface area contributed by atoms with Gasteiger partial charge in [0.1, 0.15) is 10.3 Å². The minimum atomic E-state index is -0.730. The van der Waals surface area contributed by atoms with Crippen molar-refractivity contribution in [3.63, 3.8) is 0 Å². The molecule has 0 fully saturated rings. The highest BCUT2D eigenvalue weighted by Gasteiger charge is 2.04. The number of aromatic nitrogens is 2. The number of aromatic amines is 1. The van der Waals surface area contributed by atoms with Crippen molar-refractivity contribution in [2.75, 3.05) is 0 Å². The molecule has 0 aliphatic rings. The van der Waals surface area contributed by atoms with E-state index in [1.54, 1.807) is 0 Å². The Morgan fingerprint density at radius 1 is 1.64 bits per heavy atom. The Morgan fingerprint density at radius 2 is 2.45 bits per heavy atom. The lowest BCUT2D eigenvalue weighted by atomic mass is 10.5. The second-order valence-electron chi connectivity index (χ2n) is 2.00. The molecule has 5 heteroatoms. The van der Waals surface area contributed by atoms with E-state index in [2.05, 4.69) is 9.97 Å². The van der Waals surface area contributed by atoms with Crippen molar-refractivity contribution in [2.45, 2.75) is 0 Å². The number of H-pyrrole nitrogens is 1. The van der Waals surface area contributed by atoms with Crippen molar-refractivity contribution in [2.24, 2.45) is 0 Å². The fraction of sp³-hybridized carbons (Fsp3) is 0. The number of halogens is 1. The topological polar surface area (TPSA) is 45.8 Å². The average Bonchev–Trinajstić information content (AvgIpc) is 2.45. The van der Waals surface area contributed by atoms with Crippen LogP contribution in [-0.4, -0.2) is 9.97 Å². The first kappa shape index (κ1) is 6.48. The van der Waals surface area contributed by atoms with Crippen LogP contribution in [0.4, 0.5) is 4.39 Å². The molecule has 2 aromatic heterocycles. The third kappa shape index (κ3) is 0.848. The number of nitrogens with zero attached hydrogens (tertiary/aromatic N) is 1. The highest BCUT2D eigenvalue weighted by Crippen LogP contribution is 2.10. The molecule has 0 unspecified atom stereocenters. The van der Waals surface area contributed by atoms with Gasteiger partial charge in [0, 0.05) is 5.38 Å². The van der Waals surface area contributed by atoms with E-state index in [1.165, 1.54) is 6.33 Å². The third-order valence-corrected chi connectivity index (χ3v) is 2.18. The molecule has 0 spiro atoms. The zero-order valence-corrected chi connectivity index (χ0v) is 6.11. The zero-order valence-electron chi connectivity index (χ0n) is 5.30. The van der Waals surface area contributed by atoms with E-state index in [0.29, 0.717) is 4.83 Å². The molecule has 0 saturated carbocycles. The van der Waals surface area contributed by atoms with Crippen molar-refractivity contribution >= 4 is 21.7 Å². The predicted octanol–water partition coefficient (Wildman–Crippen LogP) is 1.12. The Kier molecular flexibility index (Phi) is 1.25. The molecule has 0 aromatic carbocycles. The van der Waals surface area contributed by atoms with E-state index in [-0.39, 0.29) is 5.52 Å². The number of hydrogen-bond acceptors (Lipinski definition) is 3. The van der Waals surface area contributed by atoms with E-state index in [0.717, 1.165) is 16.7 Å². The monoisotopic (exact) mass is 170 g/mol. The van der Waals surface area contributed by atoms with Crippen LogP contribution in [0.1, 0.15) is 0 Å². The Labute approximate surface area is 64.5 Å². The molecule has 0 aliphatic carbocycles. The molecule has 0 radical (unpaired) electrons. The molecule has 11 heavy (non-hydrogen) atoms. The number of fused-ring (bicyclic) bond motifs is 1. The first-order chi connectivity index (χ1) is 5.29. The average molecular weight is 170 g/mol. The molecular weight excluding hydrogens is 167 g/mol. The number of hydrogen-bond donors (Lipinski definition) is 1. The van der Waals surface area contributed by atoms with Gasteiger partial charge in [0.25, 0.3) is 0 Å². The van der Waals surface area contributed by atoms with Gasteiger partial charge in [-0.2, -0.15) is 0 Å². The van der Waals surface area contributed by atoms with Crippen LogP contribution in [0.3, 0.4) is 0 Å². The van der Waals surface area contributed by atoms with Gasteiger partial charge >= 0.3 is 0 Å². The molecule has 1 N–H and O–H groups in total. The van der Waals surface area contributed by atoms with Gasteiger partial charge in [-0.05, 0) is 0 Å². The van der Waals surface area contributed by atoms with Crippen molar-refractivity contribution in [1.82, 2.24) is 9.97 Å². The molecule has 3 nitrogen and oxygen atoms in total. The summed E-state index contributed by atoms with van der Waals surface area (Å²) in [5, 5.41) is 1.16. The van der Waals surface area contributed by atoms with Gasteiger partial charge in [0.2, 0.25) is 5.43 Å². The lowest BCUT2D eigenvalue weighted by Gasteiger charge is -1.84. The standard InChI is InChI=1S/C6H3FN2OS/c7-3-1-11-6-4(5(3)10)8-2-9-6/h1-2H,(H,8,9). The van der Waals surface area contributed by atoms with Gasteiger partial charge in [0.15, 0.2) is 5.82 Å². The summed E-state index contributed by atoms with van der Waals surface area (Å²) < 4.78 is 12.6. The van der Waals surface area contributed by atoms with Crippen molar-refractivity contribution in [3.8, 4) is 0 Å². The maximum Gasteiger partial charge on any atom is 0.241 e. The summed E-state index contributed by atoms with van der Waals surface area (Å²) in [5.74, 6) is -0.730. The smallest absolute Gasteiger partial charge is 0.241 e. The highest BCUT2D eigenvalue weighted by molar-refractivity contribution is 7.16. The fourth-order valence-electron chi connectivity index (χ4n) is 0.814. The van der Waals surface area contributed by atoms with Crippen molar-refractivity contribution < 1.29 is 4.39 Å². The normalized spacial score (nSPS) is 10.6. The Hall–Kier alpha value is -1.23. The summed E-state index contributed by atoms with van der Waals surface area (Å²) in [6.45, 7) is 0. The minimum Gasteiger partial charge on any atom is -0.341 e. The molecule has 0 bridgehead atoms. The number of nitrogens with one attached hydrogen (secondary N) is 1. The number of imidazole rings is 1. The maximum absolute atomic E-state index is 12.6. The Bertz CT molecular complexity index is 447. The van der Waals surface area contributed by atoms with Crippen LogP contribution in [0.25, 0.3) is 10.3 Å². The summed E-state index contributed by atoms with van der Waals surface area (Å²) >= 11 is 1.11. The van der Waals surface area contributed by atoms with E-state index >= 15 is 0 Å². The molecule has 2 heterocycles. The van der Waals surface area contributed by atoms with E-state index < -0.39 is 11.2 Å². The van der Waals surface area contributed by atoms with E-state index in [4.69, 9.17) is 0 Å². The Balaban J connectivity index is 3.05. The predicted molar refractivity (Wildman–Crippen MR) is 40.2 cm³/mol. The van der Waals surface area contributed by atoms with Gasteiger partial charge in [-0.25, -0.2) is 9.37 Å². The van der Waals surface area contributed by atoms with Crippen LogP contribution < -0.4 is 5.43 Å². The second kappa shape index (κ2) is 2.13. The molecule has 2 aromatic rings. The van der Waals surface area contributed by atoms with Gasteiger partial charge in [0.05, 0.1) is 6.33 Å². The second-order valence-corrected chi connectivity index (χ2v) is 2.85. The minimum absolute atomic E-state index is 0.245. The van der Waals surface area contributed by atoms with E-state index in [9.17, 15) is 9.18 Å². The van der Waals surface area contributed by atoms with Crippen LogP contribution >= 0.6 is 11.3 Å². The van der Waals surface area contributed by atoms with Crippen LogP contribution in [0.5, 0.6) is 0 Å². The summed E-state index contributed by atoms with van der Waals surface area (Å²) in [6.07, 6.45) is 1.38. The molecular formula is C6H3FN2OS. The summed E-state index contributed by atoms with van der Waals surface area (Å²) in [4.78, 5) is 17.9. The van der Waals surface area contributed by atoms with Crippen LogP contribution in [0, 0.1) is 5.82 Å². The van der Waals surface area contributed by atoms with Crippen LogP contribution in [-0.2, 0) is 0 Å². The quantitative estimate of drug-likeness (QED) is 0.644. The molecule has 2 rings (SSSR count). The van der Waals surface area contributed by atoms with Gasteiger partial charge in [-0.1, -0.05) is 0 Å². The van der Waals surface area contributed by atoms with Gasteiger partial charge in [-0.15, -0.1) is 11.3 Å².